The summed E-state index contributed by atoms with van der Waals surface area (Å²) in [7, 11) is 0. The van der Waals surface area contributed by atoms with Crippen LogP contribution in [0.15, 0.2) is 24.3 Å². The van der Waals surface area contributed by atoms with Crippen LogP contribution in [0.25, 0.3) is 0 Å². The lowest BCUT2D eigenvalue weighted by atomic mass is 10.2. The minimum Gasteiger partial charge on any atom is -0.355 e. The zero-order chi connectivity index (χ0) is 14.8. The number of aryl methyl sites for hydroxylation is 1. The molecule has 2 amide bonds. The maximum atomic E-state index is 11.7. The maximum absolute atomic E-state index is 11.7. The van der Waals surface area contributed by atoms with Crippen molar-refractivity contribution in [3.63, 3.8) is 0 Å². The lowest BCUT2D eigenvalue weighted by Gasteiger charge is -2.08. The van der Waals surface area contributed by atoms with Crippen molar-refractivity contribution in [2.45, 2.75) is 13.3 Å². The highest BCUT2D eigenvalue weighted by Gasteiger charge is 2.05. The Morgan fingerprint density at radius 1 is 1.25 bits per heavy atom. The quantitative estimate of drug-likeness (QED) is 0.628. The van der Waals surface area contributed by atoms with Crippen molar-refractivity contribution in [3.05, 3.63) is 29.8 Å². The molecule has 4 N–H and O–H groups in total. The molecule has 1 aromatic rings. The van der Waals surface area contributed by atoms with Crippen molar-refractivity contribution < 1.29 is 9.59 Å². The van der Waals surface area contributed by atoms with Crippen molar-refractivity contribution in [2.75, 3.05) is 29.9 Å². The summed E-state index contributed by atoms with van der Waals surface area (Å²) in [6, 6.07) is 7.64. The second-order valence-corrected chi connectivity index (χ2v) is 5.41. The fraction of sp³-hybridized carbons (Fsp3) is 0.429. The summed E-state index contributed by atoms with van der Waals surface area (Å²) >= 11 is 1.44. The molecule has 0 aliphatic heterocycles. The molecule has 0 aromatic heterocycles. The third-order valence-corrected chi connectivity index (χ3v) is 3.55. The van der Waals surface area contributed by atoms with Gasteiger partial charge < -0.3 is 16.4 Å². The van der Waals surface area contributed by atoms with E-state index in [9.17, 15) is 9.59 Å². The molecular weight excluding hydrogens is 274 g/mol. The number of para-hydroxylation sites is 1. The summed E-state index contributed by atoms with van der Waals surface area (Å²) in [5.41, 5.74) is 7.15. The molecule has 0 spiro atoms. The van der Waals surface area contributed by atoms with Gasteiger partial charge in [0.05, 0.1) is 5.75 Å². The predicted molar refractivity (Wildman–Crippen MR) is 83.8 cm³/mol. The number of carbonyl (C=O) groups is 2. The molecule has 0 radical (unpaired) electrons. The number of rotatable bonds is 8. The second-order valence-electron chi connectivity index (χ2n) is 4.30. The van der Waals surface area contributed by atoms with E-state index in [0.29, 0.717) is 31.0 Å². The van der Waals surface area contributed by atoms with Gasteiger partial charge in [0.25, 0.3) is 0 Å². The summed E-state index contributed by atoms with van der Waals surface area (Å²) in [4.78, 5) is 23.0. The molecule has 6 heteroatoms. The van der Waals surface area contributed by atoms with Crippen LogP contribution in [0.1, 0.15) is 12.0 Å². The van der Waals surface area contributed by atoms with E-state index in [1.165, 1.54) is 11.8 Å². The minimum absolute atomic E-state index is 0.0257. The largest absolute Gasteiger partial charge is 0.355 e. The highest BCUT2D eigenvalue weighted by Crippen LogP contribution is 2.13. The number of nitrogens with two attached hydrogens (primary N) is 1. The Kier molecular flexibility index (Phi) is 7.75. The predicted octanol–water partition coefficient (Wildman–Crippen LogP) is 1.13. The Balaban J connectivity index is 2.18. The van der Waals surface area contributed by atoms with Crippen LogP contribution >= 0.6 is 11.8 Å². The molecule has 20 heavy (non-hydrogen) atoms. The average Bonchev–Trinajstić information content (AvgIpc) is 2.44. The van der Waals surface area contributed by atoms with Crippen molar-refractivity contribution in [2.24, 2.45) is 5.73 Å². The van der Waals surface area contributed by atoms with Gasteiger partial charge in [-0.15, -0.1) is 0 Å². The smallest absolute Gasteiger partial charge is 0.234 e. The first-order valence-electron chi connectivity index (χ1n) is 6.53. The van der Waals surface area contributed by atoms with Gasteiger partial charge in [-0.1, -0.05) is 18.2 Å². The zero-order valence-corrected chi connectivity index (χ0v) is 12.5. The van der Waals surface area contributed by atoms with Crippen LogP contribution in [0.3, 0.4) is 0 Å². The normalized spacial score (nSPS) is 10.1. The molecule has 1 rings (SSSR count). The summed E-state index contributed by atoms with van der Waals surface area (Å²) in [6.07, 6.45) is 0.405. The fourth-order valence-electron chi connectivity index (χ4n) is 1.53. The van der Waals surface area contributed by atoms with Gasteiger partial charge in [-0.2, -0.15) is 11.8 Å². The summed E-state index contributed by atoms with van der Waals surface area (Å²) in [6.45, 7) is 2.89. The van der Waals surface area contributed by atoms with Crippen LogP contribution in [0, 0.1) is 6.92 Å². The molecule has 0 unspecified atom stereocenters. The number of benzene rings is 1. The first kappa shape index (κ1) is 16.5. The van der Waals surface area contributed by atoms with Gasteiger partial charge in [-0.25, -0.2) is 0 Å². The monoisotopic (exact) mass is 295 g/mol. The lowest BCUT2D eigenvalue weighted by molar-refractivity contribution is -0.120. The standard InChI is InChI=1S/C14H21N3O2S/c1-11-4-2-3-5-12(11)17-14(19)10-20-9-6-13(18)16-8-7-15/h2-5H,6-10,15H2,1H3,(H,16,18)(H,17,19). The minimum atomic E-state index is -0.0494. The van der Waals surface area contributed by atoms with Gasteiger partial charge in [-0.05, 0) is 18.6 Å². The lowest BCUT2D eigenvalue weighted by Crippen LogP contribution is -2.29. The van der Waals surface area contributed by atoms with Gasteiger partial charge in [0, 0.05) is 31.0 Å². The summed E-state index contributed by atoms with van der Waals surface area (Å²) < 4.78 is 0. The molecule has 0 saturated heterocycles. The van der Waals surface area contributed by atoms with Crippen LogP contribution in [0.5, 0.6) is 0 Å². The van der Waals surface area contributed by atoms with Gasteiger partial charge in [0.15, 0.2) is 0 Å². The van der Waals surface area contributed by atoms with E-state index in [2.05, 4.69) is 10.6 Å². The molecule has 0 saturated carbocycles. The van der Waals surface area contributed by atoms with Crippen LogP contribution < -0.4 is 16.4 Å². The second kappa shape index (κ2) is 9.39. The van der Waals surface area contributed by atoms with E-state index in [4.69, 9.17) is 5.73 Å². The Hall–Kier alpha value is -1.53. The number of anilines is 1. The maximum Gasteiger partial charge on any atom is 0.234 e. The summed E-state index contributed by atoms with van der Waals surface area (Å²) in [5.74, 6) is 0.893. The first-order valence-corrected chi connectivity index (χ1v) is 7.69. The van der Waals surface area contributed by atoms with Crippen molar-refractivity contribution >= 4 is 29.3 Å². The number of hydrogen-bond acceptors (Lipinski definition) is 4. The van der Waals surface area contributed by atoms with Crippen LogP contribution in [-0.2, 0) is 9.59 Å². The Labute approximate surface area is 123 Å². The number of amides is 2. The van der Waals surface area contributed by atoms with Gasteiger partial charge in [-0.3, -0.25) is 9.59 Å². The average molecular weight is 295 g/mol. The molecule has 110 valence electrons. The molecule has 0 heterocycles. The van der Waals surface area contributed by atoms with Crippen molar-refractivity contribution in [1.82, 2.24) is 5.32 Å². The summed E-state index contributed by atoms with van der Waals surface area (Å²) in [5, 5.41) is 5.55. The van der Waals surface area contributed by atoms with E-state index < -0.39 is 0 Å². The van der Waals surface area contributed by atoms with Crippen LogP contribution in [0.4, 0.5) is 5.69 Å². The van der Waals surface area contributed by atoms with Crippen molar-refractivity contribution in [3.8, 4) is 0 Å². The van der Waals surface area contributed by atoms with E-state index in [-0.39, 0.29) is 11.8 Å². The van der Waals surface area contributed by atoms with E-state index in [1.807, 2.05) is 31.2 Å². The number of nitrogens with one attached hydrogen (secondary N) is 2. The Bertz CT molecular complexity index is 452. The molecule has 0 aliphatic carbocycles. The molecule has 0 bridgehead atoms. The zero-order valence-electron chi connectivity index (χ0n) is 11.6. The van der Waals surface area contributed by atoms with E-state index in [1.54, 1.807) is 0 Å². The number of hydrogen-bond donors (Lipinski definition) is 3. The molecule has 0 fully saturated rings. The fourth-order valence-corrected chi connectivity index (χ4v) is 2.26. The topological polar surface area (TPSA) is 84.2 Å². The molecule has 5 nitrogen and oxygen atoms in total. The molecule has 0 aliphatic rings. The highest BCUT2D eigenvalue weighted by molar-refractivity contribution is 7.99. The third kappa shape index (κ3) is 6.58. The van der Waals surface area contributed by atoms with Gasteiger partial charge in [0.2, 0.25) is 11.8 Å². The molecule has 1 aromatic carbocycles. The Morgan fingerprint density at radius 3 is 2.70 bits per heavy atom. The molecule has 0 atom stereocenters. The molecular formula is C14H21N3O2S. The van der Waals surface area contributed by atoms with Gasteiger partial charge in [0.1, 0.15) is 0 Å². The van der Waals surface area contributed by atoms with E-state index in [0.717, 1.165) is 11.3 Å². The van der Waals surface area contributed by atoms with Gasteiger partial charge >= 0.3 is 0 Å². The third-order valence-electron chi connectivity index (χ3n) is 2.59. The first-order chi connectivity index (χ1) is 9.63. The number of carbonyl (C=O) groups excluding carboxylic acids is 2. The highest BCUT2D eigenvalue weighted by atomic mass is 32.2. The number of thioether (sulfide) groups is 1. The van der Waals surface area contributed by atoms with E-state index >= 15 is 0 Å². The van der Waals surface area contributed by atoms with Crippen LogP contribution in [-0.4, -0.2) is 36.4 Å². The SMILES string of the molecule is Cc1ccccc1NC(=O)CSCCC(=O)NCCN. The van der Waals surface area contributed by atoms with Crippen molar-refractivity contribution in [1.29, 1.82) is 0 Å². The van der Waals surface area contributed by atoms with Crippen LogP contribution in [0.2, 0.25) is 0 Å². The Morgan fingerprint density at radius 2 is 2.00 bits per heavy atom.